The minimum atomic E-state index is -0.513. The number of aromatic amines is 1. The molecule has 0 saturated heterocycles. The minimum Gasteiger partial charge on any atom is -0.459 e. The maximum atomic E-state index is 11.8. The summed E-state index contributed by atoms with van der Waals surface area (Å²) in [6.45, 7) is 4.96. The van der Waals surface area contributed by atoms with Gasteiger partial charge in [-0.2, -0.15) is 15.4 Å². The summed E-state index contributed by atoms with van der Waals surface area (Å²) in [5, 5.41) is 10.2. The highest BCUT2D eigenvalue weighted by Crippen LogP contribution is 2.11. The summed E-state index contributed by atoms with van der Waals surface area (Å²) in [6.07, 6.45) is 0. The second kappa shape index (κ2) is 5.96. The first-order valence-electron chi connectivity index (χ1n) is 5.88. The molecule has 0 aliphatic heterocycles. The van der Waals surface area contributed by atoms with Crippen molar-refractivity contribution in [2.24, 2.45) is 0 Å². The zero-order valence-electron chi connectivity index (χ0n) is 10.9. The molecule has 7 heteroatoms. The topological polar surface area (TPSA) is 94.2 Å². The first-order chi connectivity index (χ1) is 9.58. The van der Waals surface area contributed by atoms with Crippen LogP contribution in [0.15, 0.2) is 30.4 Å². The van der Waals surface area contributed by atoms with Crippen LogP contribution in [-0.2, 0) is 14.3 Å². The van der Waals surface area contributed by atoms with E-state index in [1.165, 1.54) is 0 Å². The van der Waals surface area contributed by atoms with E-state index in [0.29, 0.717) is 22.2 Å². The lowest BCUT2D eigenvalue weighted by molar-refractivity contribution is -0.140. The van der Waals surface area contributed by atoms with E-state index in [4.69, 9.17) is 9.47 Å². The molecule has 0 amide bonds. The molecular weight excluding hydrogens is 262 g/mol. The van der Waals surface area contributed by atoms with Crippen LogP contribution < -0.4 is 0 Å². The number of carbonyl (C=O) groups excluding carboxylic acids is 2. The zero-order chi connectivity index (χ0) is 14.5. The summed E-state index contributed by atoms with van der Waals surface area (Å²) in [5.74, 6) is -1.02. The molecule has 2 rings (SSSR count). The number of nitrogens with one attached hydrogen (secondary N) is 1. The molecule has 2 aromatic rings. The fourth-order valence-corrected chi connectivity index (χ4v) is 1.44. The maximum Gasteiger partial charge on any atom is 0.338 e. The Labute approximate surface area is 114 Å². The Morgan fingerprint density at radius 1 is 1.20 bits per heavy atom. The molecule has 0 atom stereocenters. The van der Waals surface area contributed by atoms with Gasteiger partial charge in [0.15, 0.2) is 0 Å². The number of hydrogen-bond donors (Lipinski definition) is 1. The van der Waals surface area contributed by atoms with Crippen LogP contribution in [0, 0.1) is 0 Å². The summed E-state index contributed by atoms with van der Waals surface area (Å²) in [6, 6.07) is 4.82. The monoisotopic (exact) mass is 275 g/mol. The van der Waals surface area contributed by atoms with Crippen LogP contribution in [0.4, 0.5) is 0 Å². The molecule has 0 radical (unpaired) electrons. The van der Waals surface area contributed by atoms with E-state index in [-0.39, 0.29) is 13.2 Å². The van der Waals surface area contributed by atoms with Gasteiger partial charge in [0.05, 0.1) is 5.56 Å². The van der Waals surface area contributed by atoms with Gasteiger partial charge in [-0.05, 0) is 25.1 Å². The van der Waals surface area contributed by atoms with Crippen molar-refractivity contribution < 1.29 is 19.1 Å². The molecule has 1 aromatic carbocycles. The van der Waals surface area contributed by atoms with Gasteiger partial charge in [0.25, 0.3) is 0 Å². The maximum absolute atomic E-state index is 11.8. The standard InChI is InChI=1S/C13H13N3O4/c1-8(2)12(17)19-5-6-20-13(18)9-3-4-10-11(7-9)15-16-14-10/h3-4,7H,1,5-6H2,2H3,(H,14,15,16). The van der Waals surface area contributed by atoms with Crippen molar-refractivity contribution in [3.63, 3.8) is 0 Å². The van der Waals surface area contributed by atoms with Crippen molar-refractivity contribution in [3.8, 4) is 0 Å². The largest absolute Gasteiger partial charge is 0.459 e. The lowest BCUT2D eigenvalue weighted by Gasteiger charge is -2.06. The van der Waals surface area contributed by atoms with Crippen LogP contribution in [0.2, 0.25) is 0 Å². The summed E-state index contributed by atoms with van der Waals surface area (Å²) >= 11 is 0. The first-order valence-corrected chi connectivity index (χ1v) is 5.88. The molecule has 0 aliphatic carbocycles. The van der Waals surface area contributed by atoms with Gasteiger partial charge in [0.2, 0.25) is 0 Å². The SMILES string of the molecule is C=C(C)C(=O)OCCOC(=O)c1ccc2n[nH]nc2c1. The van der Waals surface area contributed by atoms with Crippen LogP contribution in [0.5, 0.6) is 0 Å². The number of ether oxygens (including phenoxy) is 2. The molecule has 0 unspecified atom stereocenters. The average molecular weight is 275 g/mol. The quantitative estimate of drug-likeness (QED) is 0.501. The number of esters is 2. The van der Waals surface area contributed by atoms with Gasteiger partial charge in [0, 0.05) is 5.57 Å². The highest BCUT2D eigenvalue weighted by Gasteiger charge is 2.10. The average Bonchev–Trinajstić information content (AvgIpc) is 2.90. The number of nitrogens with zero attached hydrogens (tertiary/aromatic N) is 2. The number of H-pyrrole nitrogens is 1. The van der Waals surface area contributed by atoms with E-state index in [1.54, 1.807) is 25.1 Å². The van der Waals surface area contributed by atoms with E-state index in [9.17, 15) is 9.59 Å². The molecular formula is C13H13N3O4. The highest BCUT2D eigenvalue weighted by molar-refractivity contribution is 5.93. The molecule has 20 heavy (non-hydrogen) atoms. The van der Waals surface area contributed by atoms with Crippen molar-refractivity contribution in [1.29, 1.82) is 0 Å². The third kappa shape index (κ3) is 3.19. The van der Waals surface area contributed by atoms with Crippen LogP contribution in [-0.4, -0.2) is 40.6 Å². The number of rotatable bonds is 5. The fourth-order valence-electron chi connectivity index (χ4n) is 1.44. The molecule has 0 bridgehead atoms. The second-order valence-corrected chi connectivity index (χ2v) is 4.08. The predicted molar refractivity (Wildman–Crippen MR) is 69.9 cm³/mol. The smallest absolute Gasteiger partial charge is 0.338 e. The molecule has 0 saturated carbocycles. The van der Waals surface area contributed by atoms with Crippen LogP contribution in [0.25, 0.3) is 11.0 Å². The van der Waals surface area contributed by atoms with Crippen molar-refractivity contribution >= 4 is 23.0 Å². The second-order valence-electron chi connectivity index (χ2n) is 4.08. The van der Waals surface area contributed by atoms with Gasteiger partial charge < -0.3 is 9.47 Å². The molecule has 104 valence electrons. The minimum absolute atomic E-state index is 0.0103. The van der Waals surface area contributed by atoms with Crippen LogP contribution in [0.1, 0.15) is 17.3 Å². The summed E-state index contributed by atoms with van der Waals surface area (Å²) < 4.78 is 9.78. The van der Waals surface area contributed by atoms with Crippen LogP contribution in [0.3, 0.4) is 0 Å². The van der Waals surface area contributed by atoms with Gasteiger partial charge in [-0.25, -0.2) is 9.59 Å². The number of fused-ring (bicyclic) bond motifs is 1. The van der Waals surface area contributed by atoms with E-state index in [0.717, 1.165) is 0 Å². The van der Waals surface area contributed by atoms with Gasteiger partial charge in [-0.3, -0.25) is 0 Å². The van der Waals surface area contributed by atoms with Crippen LogP contribution >= 0.6 is 0 Å². The van der Waals surface area contributed by atoms with Crippen molar-refractivity contribution in [2.75, 3.05) is 13.2 Å². The summed E-state index contributed by atoms with van der Waals surface area (Å²) in [4.78, 5) is 22.8. The molecule has 1 heterocycles. The Hall–Kier alpha value is -2.70. The Balaban J connectivity index is 1.85. The van der Waals surface area contributed by atoms with Crippen molar-refractivity contribution in [1.82, 2.24) is 15.4 Å². The molecule has 0 aliphatic rings. The van der Waals surface area contributed by atoms with E-state index in [2.05, 4.69) is 22.0 Å². The third-order valence-corrected chi connectivity index (χ3v) is 2.45. The number of hydrogen-bond acceptors (Lipinski definition) is 6. The number of carbonyl (C=O) groups is 2. The highest BCUT2D eigenvalue weighted by atomic mass is 16.6. The number of aromatic nitrogens is 3. The van der Waals surface area contributed by atoms with Gasteiger partial charge in [-0.15, -0.1) is 0 Å². The molecule has 1 aromatic heterocycles. The zero-order valence-corrected chi connectivity index (χ0v) is 10.9. The summed E-state index contributed by atoms with van der Waals surface area (Å²) in [5.41, 5.74) is 1.90. The molecule has 0 fully saturated rings. The van der Waals surface area contributed by atoms with Gasteiger partial charge in [0.1, 0.15) is 24.2 Å². The Kier molecular flexibility index (Phi) is 4.09. The van der Waals surface area contributed by atoms with E-state index < -0.39 is 11.9 Å². The fraction of sp³-hybridized carbons (Fsp3) is 0.231. The van der Waals surface area contributed by atoms with Gasteiger partial charge in [-0.1, -0.05) is 6.58 Å². The Bertz CT molecular complexity index is 662. The lowest BCUT2D eigenvalue weighted by atomic mass is 10.2. The lowest BCUT2D eigenvalue weighted by Crippen LogP contribution is -2.14. The molecule has 1 N–H and O–H groups in total. The van der Waals surface area contributed by atoms with E-state index >= 15 is 0 Å². The Morgan fingerprint density at radius 3 is 2.65 bits per heavy atom. The summed E-state index contributed by atoms with van der Waals surface area (Å²) in [7, 11) is 0. The number of benzene rings is 1. The predicted octanol–water partition coefficient (Wildman–Crippen LogP) is 1.23. The van der Waals surface area contributed by atoms with E-state index in [1.807, 2.05) is 0 Å². The van der Waals surface area contributed by atoms with Gasteiger partial charge >= 0.3 is 11.9 Å². The first kappa shape index (κ1) is 13.7. The van der Waals surface area contributed by atoms with Crippen molar-refractivity contribution in [3.05, 3.63) is 35.9 Å². The van der Waals surface area contributed by atoms with Crippen molar-refractivity contribution in [2.45, 2.75) is 6.92 Å². The molecule has 7 nitrogen and oxygen atoms in total. The normalized spacial score (nSPS) is 10.2. The molecule has 0 spiro atoms. The Morgan fingerprint density at radius 2 is 1.90 bits per heavy atom. The third-order valence-electron chi connectivity index (χ3n) is 2.45.